The van der Waals surface area contributed by atoms with E-state index in [4.69, 9.17) is 21.7 Å². The highest BCUT2D eigenvalue weighted by Crippen LogP contribution is 2.07. The van der Waals surface area contributed by atoms with E-state index in [2.05, 4.69) is 6.92 Å². The van der Waals surface area contributed by atoms with Crippen LogP contribution < -0.4 is 0 Å². The van der Waals surface area contributed by atoms with Crippen LogP contribution >= 0.6 is 12.2 Å². The summed E-state index contributed by atoms with van der Waals surface area (Å²) in [7, 11) is 1.70. The predicted octanol–water partition coefficient (Wildman–Crippen LogP) is 2.56. The number of hydrogen-bond acceptors (Lipinski definition) is 3. The van der Waals surface area contributed by atoms with Crippen LogP contribution in [0, 0.1) is 0 Å². The summed E-state index contributed by atoms with van der Waals surface area (Å²) in [6, 6.07) is 0. The second-order valence-corrected chi connectivity index (χ2v) is 3.38. The summed E-state index contributed by atoms with van der Waals surface area (Å²) in [4.78, 5) is 0. The zero-order chi connectivity index (χ0) is 9.40. The highest BCUT2D eigenvalue weighted by molar-refractivity contribution is 7.80. The van der Waals surface area contributed by atoms with Gasteiger partial charge in [0.05, 0.1) is 0 Å². The van der Waals surface area contributed by atoms with Crippen LogP contribution in [0.25, 0.3) is 0 Å². The van der Waals surface area contributed by atoms with Gasteiger partial charge in [-0.2, -0.15) is 0 Å². The third kappa shape index (κ3) is 6.55. The molecule has 0 rings (SSSR count). The van der Waals surface area contributed by atoms with Crippen LogP contribution in [0.5, 0.6) is 0 Å². The van der Waals surface area contributed by atoms with Gasteiger partial charge in [0.2, 0.25) is 0 Å². The van der Waals surface area contributed by atoms with Gasteiger partial charge in [-0.1, -0.05) is 13.3 Å². The zero-order valence-corrected chi connectivity index (χ0v) is 8.95. The molecule has 1 atom stereocenters. The monoisotopic (exact) mass is 190 g/mol. The average molecular weight is 190 g/mol. The fourth-order valence-corrected chi connectivity index (χ4v) is 1.20. The van der Waals surface area contributed by atoms with E-state index in [0.717, 1.165) is 25.9 Å². The molecule has 0 heterocycles. The summed E-state index contributed by atoms with van der Waals surface area (Å²) in [5.74, 6) is 0. The van der Waals surface area contributed by atoms with Crippen LogP contribution in [0.3, 0.4) is 0 Å². The molecule has 0 spiro atoms. The molecular weight excluding hydrogens is 172 g/mol. The highest BCUT2D eigenvalue weighted by Gasteiger charge is 2.08. The number of thiocarbonyl (C=S) groups is 1. The number of methoxy groups -OCH3 is 1. The first-order valence-corrected chi connectivity index (χ1v) is 4.77. The van der Waals surface area contributed by atoms with Crippen molar-refractivity contribution in [2.24, 2.45) is 0 Å². The maximum atomic E-state index is 5.44. The maximum absolute atomic E-state index is 5.44. The highest BCUT2D eigenvalue weighted by atomic mass is 32.1. The van der Waals surface area contributed by atoms with Crippen LogP contribution in [0.4, 0.5) is 0 Å². The maximum Gasteiger partial charge on any atom is 0.157 e. The third-order valence-electron chi connectivity index (χ3n) is 1.59. The molecule has 1 unspecified atom stereocenters. The van der Waals surface area contributed by atoms with Gasteiger partial charge < -0.3 is 9.47 Å². The molecule has 0 aliphatic rings. The molecule has 0 aromatic heterocycles. The minimum absolute atomic E-state index is 0.243. The van der Waals surface area contributed by atoms with E-state index in [0.29, 0.717) is 5.05 Å². The van der Waals surface area contributed by atoms with Gasteiger partial charge in [-0.3, -0.25) is 0 Å². The Morgan fingerprint density at radius 3 is 2.50 bits per heavy atom. The van der Waals surface area contributed by atoms with Crippen molar-refractivity contribution in [3.63, 3.8) is 0 Å². The molecule has 0 radical (unpaired) electrons. The van der Waals surface area contributed by atoms with Gasteiger partial charge in [0, 0.05) is 27.1 Å². The Morgan fingerprint density at radius 1 is 1.42 bits per heavy atom. The molecule has 12 heavy (non-hydrogen) atoms. The van der Waals surface area contributed by atoms with Crippen molar-refractivity contribution in [3.05, 3.63) is 0 Å². The van der Waals surface area contributed by atoms with Gasteiger partial charge in [0.1, 0.15) is 6.10 Å². The first-order chi connectivity index (χ1) is 5.70. The van der Waals surface area contributed by atoms with Crippen molar-refractivity contribution in [1.29, 1.82) is 0 Å². The number of rotatable bonds is 6. The first kappa shape index (κ1) is 11.8. The van der Waals surface area contributed by atoms with E-state index in [-0.39, 0.29) is 6.10 Å². The minimum Gasteiger partial charge on any atom is -0.484 e. The van der Waals surface area contributed by atoms with Gasteiger partial charge in [0.15, 0.2) is 5.05 Å². The normalized spacial score (nSPS) is 12.6. The lowest BCUT2D eigenvalue weighted by Crippen LogP contribution is -2.17. The molecule has 0 fully saturated rings. The number of hydrogen-bond donors (Lipinski definition) is 0. The van der Waals surface area contributed by atoms with Gasteiger partial charge in [0.25, 0.3) is 0 Å². The Hall–Kier alpha value is -0.150. The molecule has 0 bridgehead atoms. The SMILES string of the molecule is CCCC(CCOC)OC(C)=S. The molecule has 0 aromatic carbocycles. The van der Waals surface area contributed by atoms with E-state index >= 15 is 0 Å². The summed E-state index contributed by atoms with van der Waals surface area (Å²) >= 11 is 4.87. The van der Waals surface area contributed by atoms with Gasteiger partial charge in [-0.05, 0) is 18.6 Å². The van der Waals surface area contributed by atoms with Crippen LogP contribution in [-0.2, 0) is 9.47 Å². The quantitative estimate of drug-likeness (QED) is 0.600. The molecule has 0 aliphatic heterocycles. The van der Waals surface area contributed by atoms with E-state index in [1.165, 1.54) is 0 Å². The van der Waals surface area contributed by atoms with E-state index in [9.17, 15) is 0 Å². The molecule has 0 saturated heterocycles. The zero-order valence-electron chi connectivity index (χ0n) is 8.13. The van der Waals surface area contributed by atoms with E-state index < -0.39 is 0 Å². The summed E-state index contributed by atoms with van der Waals surface area (Å²) in [5, 5.41) is 0.629. The molecule has 3 heteroatoms. The fraction of sp³-hybridized carbons (Fsp3) is 0.889. The van der Waals surface area contributed by atoms with E-state index in [1.54, 1.807) is 7.11 Å². The number of ether oxygens (including phenoxy) is 2. The van der Waals surface area contributed by atoms with Crippen molar-refractivity contribution < 1.29 is 9.47 Å². The molecule has 0 N–H and O–H groups in total. The topological polar surface area (TPSA) is 18.5 Å². The van der Waals surface area contributed by atoms with Gasteiger partial charge in [-0.25, -0.2) is 0 Å². The van der Waals surface area contributed by atoms with Gasteiger partial charge >= 0.3 is 0 Å². The Balaban J connectivity index is 3.61. The lowest BCUT2D eigenvalue weighted by atomic mass is 10.1. The second-order valence-electron chi connectivity index (χ2n) is 2.80. The van der Waals surface area contributed by atoms with Crippen molar-refractivity contribution in [3.8, 4) is 0 Å². The Morgan fingerprint density at radius 2 is 2.08 bits per heavy atom. The average Bonchev–Trinajstić information content (AvgIpc) is 2.00. The van der Waals surface area contributed by atoms with Crippen molar-refractivity contribution >= 4 is 17.3 Å². The molecular formula is C9H18O2S. The Bertz CT molecular complexity index is 126. The van der Waals surface area contributed by atoms with Crippen LogP contribution in [0.2, 0.25) is 0 Å². The molecule has 72 valence electrons. The minimum atomic E-state index is 0.243. The lowest BCUT2D eigenvalue weighted by molar-refractivity contribution is 0.114. The van der Waals surface area contributed by atoms with Crippen LogP contribution in [-0.4, -0.2) is 24.9 Å². The van der Waals surface area contributed by atoms with E-state index in [1.807, 2.05) is 6.92 Å². The molecule has 0 aliphatic carbocycles. The second kappa shape index (κ2) is 7.50. The lowest BCUT2D eigenvalue weighted by Gasteiger charge is -2.16. The van der Waals surface area contributed by atoms with Crippen molar-refractivity contribution in [1.82, 2.24) is 0 Å². The summed E-state index contributed by atoms with van der Waals surface area (Å²) < 4.78 is 10.4. The smallest absolute Gasteiger partial charge is 0.157 e. The largest absolute Gasteiger partial charge is 0.484 e. The van der Waals surface area contributed by atoms with Crippen LogP contribution in [0.15, 0.2) is 0 Å². The van der Waals surface area contributed by atoms with Crippen molar-refractivity contribution in [2.75, 3.05) is 13.7 Å². The summed E-state index contributed by atoms with van der Waals surface area (Å²) in [6.45, 7) is 4.69. The molecule has 0 saturated carbocycles. The molecule has 2 nitrogen and oxygen atoms in total. The standard InChI is InChI=1S/C9H18O2S/c1-4-5-9(6-7-10-3)11-8(2)12/h9H,4-7H2,1-3H3. The molecule has 0 aromatic rings. The third-order valence-corrected chi connectivity index (χ3v) is 1.68. The Kier molecular flexibility index (Phi) is 7.40. The van der Waals surface area contributed by atoms with Crippen LogP contribution in [0.1, 0.15) is 33.1 Å². The summed E-state index contributed by atoms with van der Waals surface area (Å²) in [6.07, 6.45) is 3.35. The van der Waals surface area contributed by atoms with Crippen molar-refractivity contribution in [2.45, 2.75) is 39.2 Å². The Labute approximate surface area is 80.2 Å². The summed E-state index contributed by atoms with van der Waals surface area (Å²) in [5.41, 5.74) is 0. The molecule has 0 amide bonds. The first-order valence-electron chi connectivity index (χ1n) is 4.36. The predicted molar refractivity (Wildman–Crippen MR) is 54.5 cm³/mol. The fourth-order valence-electron chi connectivity index (χ4n) is 1.07. The van der Waals surface area contributed by atoms with Gasteiger partial charge in [-0.15, -0.1) is 0 Å².